The van der Waals surface area contributed by atoms with Crippen LogP contribution in [0.3, 0.4) is 0 Å². The second-order valence-electron chi connectivity index (χ2n) is 6.29. The average Bonchev–Trinajstić information content (AvgIpc) is 3.19. The minimum atomic E-state index is -6.04. The molecule has 1 aliphatic heterocycles. The molecule has 186 valence electrons. The third kappa shape index (κ3) is 6.61. The van der Waals surface area contributed by atoms with E-state index in [9.17, 15) is 38.9 Å². The van der Waals surface area contributed by atoms with Crippen LogP contribution in [0.25, 0.3) is 11.2 Å². The van der Waals surface area contributed by atoms with Gasteiger partial charge in [-0.2, -0.15) is 4.52 Å². The summed E-state index contributed by atoms with van der Waals surface area (Å²) < 4.78 is 40.3. The number of nitrogens with two attached hydrogens (primary N) is 1. The monoisotopic (exact) mass is 566 g/mol. The zero-order chi connectivity index (χ0) is 24.8. The first-order chi connectivity index (χ1) is 15.1. The van der Waals surface area contributed by atoms with Crippen molar-refractivity contribution in [2.45, 2.75) is 29.7 Å². The minimum absolute atomic E-state index is 0.0640. The summed E-state index contributed by atoms with van der Waals surface area (Å²) in [6, 6.07) is 0. The molecule has 22 heteroatoms. The Morgan fingerprint density at radius 1 is 1.33 bits per heavy atom. The first-order valence-electron chi connectivity index (χ1n) is 8.41. The Balaban J connectivity index is 1.72. The number of rotatable bonds is 9. The highest BCUT2D eigenvalue weighted by molar-refractivity contribution is 8.47. The standard InChI is InChI=1S/C11H18N5O12P3S2/c1-33-11-14-8(12)5-9(15-11)16(3-13-5)10-7(18)6(17)4(26-10)2-25-31(24,32)28-30(22,23)27-29(19,20)21/h3-4,6-7,10,17-18H,2H2,1H3,(H,22,23)(H,24,32)(H2,12,14,15)(H2,19,20,21)/p-3. The molecular formula is C11H15N5O12P3S2-3. The lowest BCUT2D eigenvalue weighted by atomic mass is 10.1. The molecule has 2 aromatic heterocycles. The van der Waals surface area contributed by atoms with E-state index in [4.69, 9.17) is 10.5 Å². The van der Waals surface area contributed by atoms with Crippen LogP contribution in [0.4, 0.5) is 5.82 Å². The van der Waals surface area contributed by atoms with Crippen LogP contribution < -0.4 is 25.3 Å². The molecule has 6 atom stereocenters. The molecule has 33 heavy (non-hydrogen) atoms. The van der Waals surface area contributed by atoms with Crippen molar-refractivity contribution in [2.24, 2.45) is 0 Å². The van der Waals surface area contributed by atoms with E-state index in [-0.39, 0.29) is 17.0 Å². The highest BCUT2D eigenvalue weighted by atomic mass is 32.7. The van der Waals surface area contributed by atoms with Gasteiger partial charge >= 0.3 is 15.0 Å². The lowest BCUT2D eigenvalue weighted by molar-refractivity contribution is -0.339. The molecule has 0 bridgehead atoms. The van der Waals surface area contributed by atoms with Crippen LogP contribution >= 0.6 is 46.8 Å². The molecular weight excluding hydrogens is 551 g/mol. The Morgan fingerprint density at radius 3 is 2.61 bits per heavy atom. The van der Waals surface area contributed by atoms with Gasteiger partial charge in [-0.15, -0.1) is 4.31 Å². The highest BCUT2D eigenvalue weighted by Crippen LogP contribution is 2.69. The van der Waals surface area contributed by atoms with Crippen molar-refractivity contribution >= 4 is 63.8 Å². The minimum Gasteiger partial charge on any atom is -0.790 e. The molecule has 1 fully saturated rings. The van der Waals surface area contributed by atoms with Crippen LogP contribution in [-0.4, -0.2) is 60.9 Å². The van der Waals surface area contributed by atoms with Gasteiger partial charge in [-0.1, -0.05) is 11.8 Å². The van der Waals surface area contributed by atoms with Crippen molar-refractivity contribution in [1.29, 1.82) is 0 Å². The summed E-state index contributed by atoms with van der Waals surface area (Å²) >= 11 is 4.52. The molecule has 2 aromatic rings. The second kappa shape index (κ2) is 9.89. The number of aromatic nitrogens is 4. The smallest absolute Gasteiger partial charge is 0.315 e. The van der Waals surface area contributed by atoms with Gasteiger partial charge < -0.3 is 44.8 Å². The van der Waals surface area contributed by atoms with Gasteiger partial charge in [-0.25, -0.2) is 15.0 Å². The van der Waals surface area contributed by atoms with E-state index in [0.717, 1.165) is 0 Å². The fourth-order valence-electron chi connectivity index (χ4n) is 2.75. The van der Waals surface area contributed by atoms with Crippen molar-refractivity contribution in [3.8, 4) is 0 Å². The summed E-state index contributed by atoms with van der Waals surface area (Å²) in [4.78, 5) is 56.6. The highest BCUT2D eigenvalue weighted by Gasteiger charge is 2.46. The Hall–Kier alpha value is -0.460. The molecule has 0 spiro atoms. The third-order valence-corrected chi connectivity index (χ3v) is 9.28. The van der Waals surface area contributed by atoms with E-state index in [1.165, 1.54) is 22.7 Å². The molecule has 6 unspecified atom stereocenters. The number of aliphatic hydroxyl groups is 2. The molecule has 1 aliphatic rings. The van der Waals surface area contributed by atoms with Crippen molar-refractivity contribution in [3.63, 3.8) is 0 Å². The molecule has 0 amide bonds. The van der Waals surface area contributed by atoms with Gasteiger partial charge in [0.15, 0.2) is 22.8 Å². The van der Waals surface area contributed by atoms with Gasteiger partial charge in [0.25, 0.3) is 0 Å². The lowest BCUT2D eigenvalue weighted by Crippen LogP contribution is -2.34. The summed E-state index contributed by atoms with van der Waals surface area (Å²) in [7, 11) is -16.8. The van der Waals surface area contributed by atoms with E-state index < -0.39 is 53.9 Å². The predicted molar refractivity (Wildman–Crippen MR) is 107 cm³/mol. The van der Waals surface area contributed by atoms with Gasteiger partial charge in [0.1, 0.15) is 30.4 Å². The molecule has 0 radical (unpaired) electrons. The maximum atomic E-state index is 12.1. The first kappa shape index (κ1) is 27.1. The quantitative estimate of drug-likeness (QED) is 0.102. The van der Waals surface area contributed by atoms with Crippen molar-refractivity contribution in [3.05, 3.63) is 6.33 Å². The summed E-state index contributed by atoms with van der Waals surface area (Å²) in [5, 5.41) is 21.0. The third-order valence-electron chi connectivity index (χ3n) is 4.03. The number of thioether (sulfide) groups is 1. The maximum absolute atomic E-state index is 12.1. The number of phosphoric acid groups is 2. The van der Waals surface area contributed by atoms with Gasteiger partial charge in [-0.3, -0.25) is 13.4 Å². The Labute approximate surface area is 194 Å². The van der Waals surface area contributed by atoms with E-state index in [0.29, 0.717) is 5.16 Å². The van der Waals surface area contributed by atoms with E-state index >= 15 is 0 Å². The van der Waals surface area contributed by atoms with Crippen molar-refractivity contribution in [1.82, 2.24) is 19.5 Å². The topological polar surface area (TPSA) is 273 Å². The summed E-state index contributed by atoms with van der Waals surface area (Å²) in [5.41, 5.74) is 6.21. The first-order valence-corrected chi connectivity index (χ1v) is 15.3. The number of imidazole rings is 1. The number of thiol groups is 1. The molecule has 0 saturated carbocycles. The Morgan fingerprint density at radius 2 is 2.00 bits per heavy atom. The maximum Gasteiger partial charge on any atom is 0.315 e. The SMILES string of the molecule is CSc1nc(N)c2ncn(C3OC(CO[P+]([O-])(S)OP(=O)([O-])OP(=O)([O-])[O-])C(O)C3O)c2n1. The Kier molecular flexibility index (Phi) is 8.13. The number of anilines is 1. The average molecular weight is 566 g/mol. The van der Waals surface area contributed by atoms with Gasteiger partial charge in [-0.05, 0) is 6.26 Å². The number of hydrogen-bond donors (Lipinski definition) is 4. The summed E-state index contributed by atoms with van der Waals surface area (Å²) in [5.74, 6) is 0.0640. The lowest BCUT2D eigenvalue weighted by Gasteiger charge is -2.36. The molecule has 4 N–H and O–H groups in total. The molecule has 3 rings (SSSR count). The number of hydrogen-bond acceptors (Lipinski definition) is 18. The zero-order valence-electron chi connectivity index (χ0n) is 16.1. The number of fused-ring (bicyclic) bond motifs is 1. The predicted octanol–water partition coefficient (Wildman–Crippen LogP) is -2.94. The second-order valence-corrected chi connectivity index (χ2v) is 12.8. The Bertz CT molecular complexity index is 1120. The van der Waals surface area contributed by atoms with E-state index in [2.05, 4.69) is 40.3 Å². The number of nitrogen functional groups attached to an aromatic ring is 1. The molecule has 0 aliphatic carbocycles. The van der Waals surface area contributed by atoms with E-state index in [1.807, 2.05) is 0 Å². The van der Waals surface area contributed by atoms with Crippen molar-refractivity contribution in [2.75, 3.05) is 18.6 Å². The van der Waals surface area contributed by atoms with Crippen LogP contribution in [0.1, 0.15) is 6.23 Å². The number of aliphatic hydroxyl groups excluding tert-OH is 2. The van der Waals surface area contributed by atoms with Crippen LogP contribution in [-0.2, 0) is 27.0 Å². The summed E-state index contributed by atoms with van der Waals surface area (Å²) in [6.07, 6.45) is -2.96. The fourth-order valence-corrected chi connectivity index (χ4v) is 7.02. The molecule has 1 saturated heterocycles. The van der Waals surface area contributed by atoms with Crippen molar-refractivity contribution < 1.29 is 56.8 Å². The largest absolute Gasteiger partial charge is 0.790 e. The van der Waals surface area contributed by atoms with Crippen LogP contribution in [0.2, 0.25) is 0 Å². The molecule has 3 heterocycles. The molecule has 17 nitrogen and oxygen atoms in total. The normalized spacial score (nSPS) is 27.5. The summed E-state index contributed by atoms with van der Waals surface area (Å²) in [6.45, 7) is -0.846. The zero-order valence-corrected chi connectivity index (χ0v) is 20.5. The van der Waals surface area contributed by atoms with Gasteiger partial charge in [0, 0.05) is 0 Å². The van der Waals surface area contributed by atoms with Crippen LogP contribution in [0.5, 0.6) is 0 Å². The van der Waals surface area contributed by atoms with E-state index in [1.54, 1.807) is 6.26 Å². The fraction of sp³-hybridized carbons (Fsp3) is 0.545. The number of nitrogens with zero attached hydrogens (tertiary/aromatic N) is 4. The van der Waals surface area contributed by atoms with Gasteiger partial charge in [0.05, 0.1) is 26.4 Å². The number of ether oxygens (including phenoxy) is 1. The van der Waals surface area contributed by atoms with Crippen LogP contribution in [0.15, 0.2) is 11.5 Å². The van der Waals surface area contributed by atoms with Gasteiger partial charge in [0.2, 0.25) is 0 Å². The van der Waals surface area contributed by atoms with Crippen LogP contribution in [0, 0.1) is 0 Å². The molecule has 0 aromatic carbocycles.